The highest BCUT2D eigenvalue weighted by Gasteiger charge is 2.22. The summed E-state index contributed by atoms with van der Waals surface area (Å²) in [7, 11) is 0. The van der Waals surface area contributed by atoms with Crippen molar-refractivity contribution in [2.75, 3.05) is 19.7 Å². The van der Waals surface area contributed by atoms with Gasteiger partial charge in [0.25, 0.3) is 0 Å². The lowest BCUT2D eigenvalue weighted by Gasteiger charge is -2.35. The molecular weight excluding hydrogens is 188 g/mol. The number of hydrogen-bond acceptors (Lipinski definition) is 2. The minimum absolute atomic E-state index is 0.00157. The molecule has 15 heavy (non-hydrogen) atoms. The first-order chi connectivity index (χ1) is 7.42. The average Bonchev–Trinajstić information content (AvgIpc) is 2.31. The molecule has 0 saturated carbocycles. The van der Waals surface area contributed by atoms with E-state index in [1.807, 2.05) is 12.4 Å². The zero-order valence-corrected chi connectivity index (χ0v) is 8.93. The molecule has 1 radical (unpaired) electrons. The van der Waals surface area contributed by atoms with E-state index in [-0.39, 0.29) is 6.61 Å². The van der Waals surface area contributed by atoms with Gasteiger partial charge in [-0.1, -0.05) is 6.42 Å². The molecule has 3 heteroatoms. The Kier molecular flexibility index (Phi) is 3.69. The summed E-state index contributed by atoms with van der Waals surface area (Å²) in [5, 5.41) is 10.7. The molecule has 1 aromatic heterocycles. The summed E-state index contributed by atoms with van der Waals surface area (Å²) in [4.78, 5) is 6.34. The second-order valence-electron chi connectivity index (χ2n) is 4.03. The van der Waals surface area contributed by atoms with Crippen LogP contribution in [-0.4, -0.2) is 29.6 Å². The smallest absolute Gasteiger partial charge is 0.0949 e. The summed E-state index contributed by atoms with van der Waals surface area (Å²) in [6, 6.07) is 4.57. The molecule has 1 aliphatic heterocycles. The number of nitrogens with zero attached hydrogens (tertiary/aromatic N) is 2. The summed E-state index contributed by atoms with van der Waals surface area (Å²) >= 11 is 0. The Balaban J connectivity index is 2.11. The van der Waals surface area contributed by atoms with E-state index < -0.39 is 0 Å². The molecule has 1 saturated heterocycles. The van der Waals surface area contributed by atoms with Gasteiger partial charge in [-0.15, -0.1) is 0 Å². The van der Waals surface area contributed by atoms with Crippen molar-refractivity contribution in [2.45, 2.75) is 25.3 Å². The Labute approximate surface area is 90.8 Å². The third kappa shape index (κ3) is 2.55. The maximum absolute atomic E-state index is 10.7. The van der Waals surface area contributed by atoms with Crippen LogP contribution in [0.4, 0.5) is 0 Å². The third-order valence-electron chi connectivity index (χ3n) is 3.08. The van der Waals surface area contributed by atoms with Crippen LogP contribution in [-0.2, 0) is 5.11 Å². The number of rotatable bonds is 3. The zero-order chi connectivity index (χ0) is 10.5. The van der Waals surface area contributed by atoms with Crippen molar-refractivity contribution in [3.8, 4) is 0 Å². The van der Waals surface area contributed by atoms with E-state index in [1.165, 1.54) is 24.8 Å². The highest BCUT2D eigenvalue weighted by molar-refractivity contribution is 5.15. The number of pyridine rings is 1. The molecule has 0 aliphatic carbocycles. The van der Waals surface area contributed by atoms with Gasteiger partial charge in [-0.2, -0.15) is 0 Å². The normalized spacial score (nSPS) is 22.9. The Hall–Kier alpha value is -0.930. The van der Waals surface area contributed by atoms with Crippen molar-refractivity contribution < 1.29 is 5.11 Å². The molecule has 2 heterocycles. The van der Waals surface area contributed by atoms with E-state index >= 15 is 0 Å². The summed E-state index contributed by atoms with van der Waals surface area (Å²) in [6.07, 6.45) is 7.33. The first-order valence-electron chi connectivity index (χ1n) is 5.64. The van der Waals surface area contributed by atoms with Crippen molar-refractivity contribution in [1.82, 2.24) is 9.88 Å². The van der Waals surface area contributed by atoms with Crippen molar-refractivity contribution in [2.24, 2.45) is 0 Å². The first-order valence-corrected chi connectivity index (χ1v) is 5.64. The molecule has 0 aromatic carbocycles. The molecule has 1 unspecified atom stereocenters. The number of aromatic nitrogens is 1. The van der Waals surface area contributed by atoms with Crippen LogP contribution in [0.5, 0.6) is 0 Å². The van der Waals surface area contributed by atoms with Crippen LogP contribution in [0, 0.1) is 0 Å². The van der Waals surface area contributed by atoms with Crippen LogP contribution >= 0.6 is 0 Å². The molecule has 0 spiro atoms. The summed E-state index contributed by atoms with van der Waals surface area (Å²) in [6.45, 7) is 1.74. The Morgan fingerprint density at radius 1 is 1.33 bits per heavy atom. The van der Waals surface area contributed by atoms with E-state index in [9.17, 15) is 5.11 Å². The topological polar surface area (TPSA) is 36.0 Å². The van der Waals surface area contributed by atoms with Gasteiger partial charge in [0.2, 0.25) is 0 Å². The molecule has 81 valence electrons. The number of likely N-dealkylation sites (tertiary alicyclic amines) is 1. The summed E-state index contributed by atoms with van der Waals surface area (Å²) < 4.78 is 0. The lowest BCUT2D eigenvalue weighted by molar-refractivity contribution is 0.0902. The van der Waals surface area contributed by atoms with Gasteiger partial charge < -0.3 is 0 Å². The van der Waals surface area contributed by atoms with E-state index in [0.717, 1.165) is 6.54 Å². The van der Waals surface area contributed by atoms with E-state index in [0.29, 0.717) is 12.6 Å². The Morgan fingerprint density at radius 3 is 2.87 bits per heavy atom. The van der Waals surface area contributed by atoms with Crippen LogP contribution in [0.2, 0.25) is 0 Å². The van der Waals surface area contributed by atoms with Crippen LogP contribution in [0.25, 0.3) is 0 Å². The van der Waals surface area contributed by atoms with Crippen molar-refractivity contribution in [3.05, 3.63) is 30.1 Å². The van der Waals surface area contributed by atoms with E-state index in [4.69, 9.17) is 0 Å². The van der Waals surface area contributed by atoms with E-state index in [1.54, 1.807) is 0 Å². The molecule has 1 aromatic rings. The van der Waals surface area contributed by atoms with Gasteiger partial charge in [0, 0.05) is 25.0 Å². The minimum atomic E-state index is 0.00157. The van der Waals surface area contributed by atoms with Gasteiger partial charge in [0.1, 0.15) is 0 Å². The predicted molar refractivity (Wildman–Crippen MR) is 58.0 cm³/mol. The molecule has 3 nitrogen and oxygen atoms in total. The molecule has 0 bridgehead atoms. The number of hydrogen-bond donors (Lipinski definition) is 0. The highest BCUT2D eigenvalue weighted by Crippen LogP contribution is 2.29. The van der Waals surface area contributed by atoms with Crippen molar-refractivity contribution >= 4 is 0 Å². The fraction of sp³-hybridized carbons (Fsp3) is 0.583. The van der Waals surface area contributed by atoms with Crippen LogP contribution < -0.4 is 0 Å². The maximum atomic E-state index is 10.7. The summed E-state index contributed by atoms with van der Waals surface area (Å²) in [5.74, 6) is 0. The van der Waals surface area contributed by atoms with Gasteiger partial charge in [0.15, 0.2) is 0 Å². The third-order valence-corrected chi connectivity index (χ3v) is 3.08. The molecule has 1 atom stereocenters. The number of piperidine rings is 1. The highest BCUT2D eigenvalue weighted by atomic mass is 16.3. The fourth-order valence-corrected chi connectivity index (χ4v) is 2.34. The molecule has 0 N–H and O–H groups in total. The second-order valence-corrected chi connectivity index (χ2v) is 4.03. The van der Waals surface area contributed by atoms with Gasteiger partial charge in [0.05, 0.1) is 6.61 Å². The van der Waals surface area contributed by atoms with Crippen LogP contribution in [0.15, 0.2) is 24.5 Å². The maximum Gasteiger partial charge on any atom is 0.0949 e. The average molecular weight is 205 g/mol. The van der Waals surface area contributed by atoms with Crippen molar-refractivity contribution in [3.63, 3.8) is 0 Å². The lowest BCUT2D eigenvalue weighted by atomic mass is 9.96. The quantitative estimate of drug-likeness (QED) is 0.757. The first kappa shape index (κ1) is 10.6. The second kappa shape index (κ2) is 5.24. The minimum Gasteiger partial charge on any atom is -0.294 e. The monoisotopic (exact) mass is 205 g/mol. The molecule has 1 fully saturated rings. The van der Waals surface area contributed by atoms with Crippen LogP contribution in [0.3, 0.4) is 0 Å². The molecule has 2 rings (SSSR count). The fourth-order valence-electron chi connectivity index (χ4n) is 2.34. The van der Waals surface area contributed by atoms with Gasteiger partial charge in [-0.05, 0) is 37.1 Å². The Bertz CT molecular complexity index is 287. The largest absolute Gasteiger partial charge is 0.294 e. The zero-order valence-electron chi connectivity index (χ0n) is 8.93. The van der Waals surface area contributed by atoms with Crippen LogP contribution in [0.1, 0.15) is 30.9 Å². The van der Waals surface area contributed by atoms with Crippen molar-refractivity contribution in [1.29, 1.82) is 0 Å². The molecular formula is C12H17N2O. The van der Waals surface area contributed by atoms with Gasteiger partial charge in [-0.25, -0.2) is 5.11 Å². The summed E-state index contributed by atoms with van der Waals surface area (Å²) in [5.41, 5.74) is 1.30. The lowest BCUT2D eigenvalue weighted by Crippen LogP contribution is -2.35. The SMILES string of the molecule is [O]CCN1CCCCC1c1ccncc1. The predicted octanol–water partition coefficient (Wildman–Crippen LogP) is 2.04. The molecule has 0 amide bonds. The Morgan fingerprint density at radius 2 is 2.13 bits per heavy atom. The standard InChI is InChI=1S/C12H17N2O/c15-10-9-14-8-2-1-3-12(14)11-4-6-13-7-5-11/h4-7,12H,1-3,8-10H2. The molecule has 1 aliphatic rings. The van der Waals surface area contributed by atoms with Gasteiger partial charge in [-0.3, -0.25) is 9.88 Å². The van der Waals surface area contributed by atoms with E-state index in [2.05, 4.69) is 22.0 Å². The van der Waals surface area contributed by atoms with Gasteiger partial charge >= 0.3 is 0 Å².